The Balaban J connectivity index is 1.63. The molecule has 1 saturated carbocycles. The van der Waals surface area contributed by atoms with Crippen LogP contribution in [-0.2, 0) is 4.79 Å². The summed E-state index contributed by atoms with van der Waals surface area (Å²) in [5.41, 5.74) is 1.48. The van der Waals surface area contributed by atoms with Crippen molar-refractivity contribution in [3.05, 3.63) is 63.3 Å². The first-order valence-corrected chi connectivity index (χ1v) is 10.5. The van der Waals surface area contributed by atoms with Gasteiger partial charge in [0.05, 0.1) is 15.5 Å². The highest BCUT2D eigenvalue weighted by atomic mass is 32.2. The first-order chi connectivity index (χ1) is 13.5. The minimum absolute atomic E-state index is 0.0285. The third kappa shape index (κ3) is 3.62. The van der Waals surface area contributed by atoms with Crippen molar-refractivity contribution < 1.29 is 9.72 Å². The number of hydrogen-bond donors (Lipinski definition) is 0. The predicted molar refractivity (Wildman–Crippen MR) is 114 cm³/mol. The smallest absolute Gasteiger partial charge is 0.271 e. The van der Waals surface area contributed by atoms with Gasteiger partial charge in [-0.05, 0) is 37.1 Å². The van der Waals surface area contributed by atoms with Crippen LogP contribution in [0.25, 0.3) is 11.8 Å². The monoisotopic (exact) mass is 413 g/mol. The molecule has 2 aliphatic rings. The fraction of sp³-hybridized carbons (Fsp3) is 0.300. The Morgan fingerprint density at radius 2 is 1.96 bits per heavy atom. The van der Waals surface area contributed by atoms with Gasteiger partial charge in [0.2, 0.25) is 0 Å². The molecule has 0 atom stereocenters. The van der Waals surface area contributed by atoms with Gasteiger partial charge in [0.1, 0.15) is 4.32 Å². The molecule has 0 spiro atoms. The van der Waals surface area contributed by atoms with Gasteiger partial charge in [-0.3, -0.25) is 19.8 Å². The van der Waals surface area contributed by atoms with E-state index in [0.29, 0.717) is 14.9 Å². The van der Waals surface area contributed by atoms with Crippen molar-refractivity contribution in [3.8, 4) is 5.69 Å². The summed E-state index contributed by atoms with van der Waals surface area (Å²) in [6.45, 7) is 0. The van der Waals surface area contributed by atoms with Crippen LogP contribution >= 0.6 is 24.0 Å². The number of aromatic nitrogens is 1. The molecule has 144 valence electrons. The lowest BCUT2D eigenvalue weighted by Crippen LogP contribution is -2.39. The van der Waals surface area contributed by atoms with Crippen molar-refractivity contribution in [2.24, 2.45) is 0 Å². The summed E-state index contributed by atoms with van der Waals surface area (Å²) in [6, 6.07) is 10.4. The van der Waals surface area contributed by atoms with E-state index < -0.39 is 4.92 Å². The lowest BCUT2D eigenvalue weighted by molar-refractivity contribution is -0.384. The van der Waals surface area contributed by atoms with Gasteiger partial charge in [0, 0.05) is 30.1 Å². The van der Waals surface area contributed by atoms with Crippen LogP contribution in [0.15, 0.2) is 47.5 Å². The molecule has 0 bridgehead atoms. The van der Waals surface area contributed by atoms with Gasteiger partial charge in [-0.25, -0.2) is 0 Å². The molecule has 1 aliphatic heterocycles. The van der Waals surface area contributed by atoms with E-state index in [2.05, 4.69) is 0 Å². The van der Waals surface area contributed by atoms with Crippen LogP contribution in [0, 0.1) is 10.1 Å². The van der Waals surface area contributed by atoms with Crippen molar-refractivity contribution >= 4 is 46.0 Å². The van der Waals surface area contributed by atoms with Gasteiger partial charge in [-0.15, -0.1) is 0 Å². The summed E-state index contributed by atoms with van der Waals surface area (Å²) in [4.78, 5) is 26.0. The largest absolute Gasteiger partial charge is 0.317 e. The Morgan fingerprint density at radius 1 is 1.18 bits per heavy atom. The second kappa shape index (κ2) is 7.89. The van der Waals surface area contributed by atoms with Gasteiger partial charge >= 0.3 is 0 Å². The topological polar surface area (TPSA) is 68.4 Å². The molecule has 2 heterocycles. The number of nitro groups is 1. The lowest BCUT2D eigenvalue weighted by atomic mass is 9.94. The molecular formula is C20H19N3O3S2. The molecule has 2 aromatic rings. The summed E-state index contributed by atoms with van der Waals surface area (Å²) in [7, 11) is 0. The number of benzene rings is 1. The highest BCUT2D eigenvalue weighted by Crippen LogP contribution is 2.37. The highest BCUT2D eigenvalue weighted by Gasteiger charge is 2.37. The van der Waals surface area contributed by atoms with Gasteiger partial charge in [-0.1, -0.05) is 49.3 Å². The maximum absolute atomic E-state index is 13.0. The maximum atomic E-state index is 13.0. The zero-order valence-corrected chi connectivity index (χ0v) is 16.7. The molecule has 8 heteroatoms. The van der Waals surface area contributed by atoms with E-state index in [1.54, 1.807) is 17.0 Å². The molecule has 2 fully saturated rings. The second-order valence-electron chi connectivity index (χ2n) is 6.92. The van der Waals surface area contributed by atoms with E-state index in [9.17, 15) is 14.9 Å². The minimum atomic E-state index is -0.415. The van der Waals surface area contributed by atoms with Crippen LogP contribution in [0.5, 0.6) is 0 Å². The number of non-ortho nitro benzene ring substituents is 1. The Labute approximate surface area is 172 Å². The molecule has 4 rings (SSSR count). The molecule has 6 nitrogen and oxygen atoms in total. The Hall–Kier alpha value is -2.45. The van der Waals surface area contributed by atoms with Crippen molar-refractivity contribution in [1.82, 2.24) is 9.47 Å². The zero-order chi connectivity index (χ0) is 19.7. The molecule has 1 aromatic heterocycles. The molecule has 0 unspecified atom stereocenters. The Bertz CT molecular complexity index is 977. The number of thioether (sulfide) groups is 1. The van der Waals surface area contributed by atoms with E-state index in [1.807, 2.05) is 29.0 Å². The van der Waals surface area contributed by atoms with Crippen molar-refractivity contribution in [2.45, 2.75) is 38.1 Å². The Morgan fingerprint density at radius 3 is 2.71 bits per heavy atom. The fourth-order valence-electron chi connectivity index (χ4n) is 3.77. The summed E-state index contributed by atoms with van der Waals surface area (Å²) < 4.78 is 2.46. The molecule has 1 aromatic carbocycles. The number of carbonyl (C=O) groups is 1. The average molecular weight is 414 g/mol. The lowest BCUT2D eigenvalue weighted by Gasteiger charge is -2.29. The molecule has 0 radical (unpaired) electrons. The van der Waals surface area contributed by atoms with E-state index in [1.165, 1.54) is 30.3 Å². The number of nitro benzene ring substituents is 1. The van der Waals surface area contributed by atoms with Gasteiger partial charge in [0.25, 0.3) is 11.6 Å². The van der Waals surface area contributed by atoms with E-state index in [4.69, 9.17) is 12.2 Å². The third-order valence-electron chi connectivity index (χ3n) is 5.14. The van der Waals surface area contributed by atoms with E-state index in [0.717, 1.165) is 31.4 Å². The summed E-state index contributed by atoms with van der Waals surface area (Å²) in [5.74, 6) is -0.0336. The van der Waals surface area contributed by atoms with Gasteiger partial charge in [0.15, 0.2) is 0 Å². The molecule has 0 N–H and O–H groups in total. The number of amides is 1. The highest BCUT2D eigenvalue weighted by molar-refractivity contribution is 8.26. The Kier molecular flexibility index (Phi) is 5.32. The number of nitrogens with zero attached hydrogens (tertiary/aromatic N) is 3. The van der Waals surface area contributed by atoms with E-state index in [-0.39, 0.29) is 17.6 Å². The molecule has 1 saturated heterocycles. The van der Waals surface area contributed by atoms with Gasteiger partial charge < -0.3 is 4.57 Å². The van der Waals surface area contributed by atoms with Crippen LogP contribution in [0.1, 0.15) is 37.8 Å². The quantitative estimate of drug-likeness (QED) is 0.308. The standard InChI is InChI=1S/C20H19N3O3S2/c24-19-18(28-20(27)22(19)14-6-2-1-3-7-14)13-16-10-5-11-21(16)15-8-4-9-17(12-15)23(25)26/h4-5,8-14H,1-3,6-7H2/b18-13-. The number of rotatable bonds is 4. The van der Waals surface area contributed by atoms with Crippen molar-refractivity contribution in [1.29, 1.82) is 0 Å². The maximum Gasteiger partial charge on any atom is 0.271 e. The summed E-state index contributed by atoms with van der Waals surface area (Å²) >= 11 is 6.82. The van der Waals surface area contributed by atoms with Crippen molar-refractivity contribution in [2.75, 3.05) is 0 Å². The third-order valence-corrected chi connectivity index (χ3v) is 6.47. The molecule has 28 heavy (non-hydrogen) atoms. The van der Waals surface area contributed by atoms with E-state index >= 15 is 0 Å². The first kappa shape index (κ1) is 18.9. The predicted octanol–water partition coefficient (Wildman–Crippen LogP) is 4.92. The molecule has 1 aliphatic carbocycles. The van der Waals surface area contributed by atoms with Crippen LogP contribution in [0.3, 0.4) is 0 Å². The fourth-order valence-corrected chi connectivity index (χ4v) is 5.16. The van der Waals surface area contributed by atoms with Crippen LogP contribution in [-0.4, -0.2) is 30.7 Å². The van der Waals surface area contributed by atoms with Crippen LogP contribution in [0.2, 0.25) is 0 Å². The van der Waals surface area contributed by atoms with Crippen molar-refractivity contribution in [3.63, 3.8) is 0 Å². The van der Waals surface area contributed by atoms with Gasteiger partial charge in [-0.2, -0.15) is 0 Å². The molecular weight excluding hydrogens is 394 g/mol. The first-order valence-electron chi connectivity index (χ1n) is 9.24. The summed E-state index contributed by atoms with van der Waals surface area (Å²) in [5, 5.41) is 11.1. The number of hydrogen-bond acceptors (Lipinski definition) is 5. The zero-order valence-electron chi connectivity index (χ0n) is 15.1. The number of thiocarbonyl (C=S) groups is 1. The normalized spacial score (nSPS) is 19.6. The molecule has 1 amide bonds. The average Bonchev–Trinajstić information content (AvgIpc) is 3.27. The van der Waals surface area contributed by atoms with Crippen LogP contribution < -0.4 is 0 Å². The SMILES string of the molecule is O=C1/C(=C/c2cccn2-c2cccc([N+](=O)[O-])c2)SC(=S)N1C1CCCCC1. The number of carbonyl (C=O) groups excluding carboxylic acids is 1. The second-order valence-corrected chi connectivity index (χ2v) is 8.60. The summed E-state index contributed by atoms with van der Waals surface area (Å²) in [6.07, 6.45) is 9.14. The minimum Gasteiger partial charge on any atom is -0.317 e. The van der Waals surface area contributed by atoms with Crippen LogP contribution in [0.4, 0.5) is 5.69 Å².